The fourth-order valence-corrected chi connectivity index (χ4v) is 4.55. The van der Waals surface area contributed by atoms with Gasteiger partial charge in [0.15, 0.2) is 9.84 Å². The van der Waals surface area contributed by atoms with E-state index in [-0.39, 0.29) is 11.3 Å². The number of nitro groups is 1. The smallest absolute Gasteiger partial charge is 0.269 e. The molecule has 0 bridgehead atoms. The topological polar surface area (TPSA) is 113 Å². The molecule has 3 rings (SSSR count). The SMILES string of the molecule is COc1ccc(/C=C(/C(=O)c2ccc(OC)cc2)S(=O)(=O)Cc2ccc([N+](=O)[O-])cc2)cc1. The Morgan fingerprint density at radius 3 is 1.88 bits per heavy atom. The summed E-state index contributed by atoms with van der Waals surface area (Å²) in [5, 5.41) is 10.9. The van der Waals surface area contributed by atoms with E-state index in [0.717, 1.165) is 0 Å². The number of methoxy groups -OCH3 is 2. The van der Waals surface area contributed by atoms with E-state index in [0.29, 0.717) is 22.6 Å². The molecule has 3 aromatic rings. The van der Waals surface area contributed by atoms with Gasteiger partial charge in [0, 0.05) is 17.7 Å². The van der Waals surface area contributed by atoms with Crippen molar-refractivity contribution in [3.05, 3.63) is 105 Å². The summed E-state index contributed by atoms with van der Waals surface area (Å²) in [4.78, 5) is 23.2. The standard InChI is InChI=1S/C24H21NO7S/c1-31-21-11-5-17(6-12-21)15-23(24(26)19-7-13-22(32-2)14-8-19)33(29,30)16-18-3-9-20(10-4-18)25(27)28/h3-15H,16H2,1-2H3/b23-15-. The molecule has 0 heterocycles. The molecular weight excluding hydrogens is 446 g/mol. The van der Waals surface area contributed by atoms with Crippen LogP contribution in [0.4, 0.5) is 5.69 Å². The molecule has 0 N–H and O–H groups in total. The second-order valence-electron chi connectivity index (χ2n) is 7.02. The number of rotatable bonds is 9. The van der Waals surface area contributed by atoms with Crippen molar-refractivity contribution < 1.29 is 27.6 Å². The summed E-state index contributed by atoms with van der Waals surface area (Å²) in [6.07, 6.45) is 1.31. The number of benzene rings is 3. The van der Waals surface area contributed by atoms with E-state index in [4.69, 9.17) is 9.47 Å². The molecule has 0 aliphatic carbocycles. The average Bonchev–Trinajstić information content (AvgIpc) is 2.82. The molecule has 0 amide bonds. The third-order valence-electron chi connectivity index (χ3n) is 4.83. The third kappa shape index (κ3) is 5.83. The van der Waals surface area contributed by atoms with E-state index in [2.05, 4.69) is 0 Å². The second kappa shape index (κ2) is 10.1. The van der Waals surface area contributed by atoms with Gasteiger partial charge in [0.2, 0.25) is 5.78 Å². The predicted octanol–water partition coefficient (Wildman–Crippen LogP) is 4.45. The van der Waals surface area contributed by atoms with Crippen LogP contribution in [0.1, 0.15) is 21.5 Å². The fourth-order valence-electron chi connectivity index (χ4n) is 3.04. The van der Waals surface area contributed by atoms with Gasteiger partial charge in [-0.05, 0) is 53.6 Å². The van der Waals surface area contributed by atoms with E-state index < -0.39 is 31.2 Å². The number of non-ortho nitro benzene ring substituents is 1. The molecule has 3 aromatic carbocycles. The maximum absolute atomic E-state index is 13.3. The molecule has 33 heavy (non-hydrogen) atoms. The van der Waals surface area contributed by atoms with Crippen LogP contribution in [0.15, 0.2) is 77.7 Å². The normalized spacial score (nSPS) is 11.6. The van der Waals surface area contributed by atoms with Crippen LogP contribution in [0.25, 0.3) is 6.08 Å². The zero-order valence-corrected chi connectivity index (χ0v) is 18.7. The Balaban J connectivity index is 2.02. The number of Topliss-reactive ketones (excluding diaryl/α,β-unsaturated/α-hetero) is 1. The molecule has 0 unspecified atom stereocenters. The molecule has 0 aliphatic rings. The van der Waals surface area contributed by atoms with E-state index >= 15 is 0 Å². The number of hydrogen-bond donors (Lipinski definition) is 0. The Hall–Kier alpha value is -3.98. The minimum Gasteiger partial charge on any atom is -0.497 e. The highest BCUT2D eigenvalue weighted by atomic mass is 32.2. The maximum Gasteiger partial charge on any atom is 0.269 e. The number of allylic oxidation sites excluding steroid dienone is 1. The van der Waals surface area contributed by atoms with Gasteiger partial charge in [0.05, 0.1) is 24.9 Å². The van der Waals surface area contributed by atoms with Crippen molar-refractivity contribution >= 4 is 27.4 Å². The van der Waals surface area contributed by atoms with Gasteiger partial charge in [-0.25, -0.2) is 8.42 Å². The molecule has 9 heteroatoms. The molecule has 0 saturated heterocycles. The summed E-state index contributed by atoms with van der Waals surface area (Å²) in [5.74, 6) is -0.0465. The van der Waals surface area contributed by atoms with Gasteiger partial charge in [-0.15, -0.1) is 0 Å². The van der Waals surface area contributed by atoms with Crippen LogP contribution >= 0.6 is 0 Å². The third-order valence-corrected chi connectivity index (χ3v) is 6.52. The monoisotopic (exact) mass is 467 g/mol. The Morgan fingerprint density at radius 1 is 0.879 bits per heavy atom. The first-order chi connectivity index (χ1) is 15.7. The molecular formula is C24H21NO7S. The number of sulfone groups is 1. The van der Waals surface area contributed by atoms with E-state index in [1.807, 2.05) is 0 Å². The molecule has 0 saturated carbocycles. The summed E-state index contributed by atoms with van der Waals surface area (Å²) in [6.45, 7) is 0. The first-order valence-electron chi connectivity index (χ1n) is 9.74. The number of ether oxygens (including phenoxy) is 2. The van der Waals surface area contributed by atoms with Crippen molar-refractivity contribution in [2.45, 2.75) is 5.75 Å². The Labute approximate surface area is 191 Å². The minimum atomic E-state index is -4.11. The molecule has 0 aliphatic heterocycles. The van der Waals surface area contributed by atoms with Crippen LogP contribution in [0.5, 0.6) is 11.5 Å². The number of nitrogens with zero attached hydrogens (tertiary/aromatic N) is 1. The number of nitro benzene ring substituents is 1. The molecule has 8 nitrogen and oxygen atoms in total. The van der Waals surface area contributed by atoms with Gasteiger partial charge < -0.3 is 9.47 Å². The number of hydrogen-bond acceptors (Lipinski definition) is 7. The van der Waals surface area contributed by atoms with Gasteiger partial charge in [-0.3, -0.25) is 14.9 Å². The Kier molecular flexibility index (Phi) is 7.24. The lowest BCUT2D eigenvalue weighted by atomic mass is 10.1. The Morgan fingerprint density at radius 2 is 1.39 bits per heavy atom. The van der Waals surface area contributed by atoms with E-state index in [9.17, 15) is 23.3 Å². The van der Waals surface area contributed by atoms with Crippen LogP contribution < -0.4 is 9.47 Å². The average molecular weight is 467 g/mol. The van der Waals surface area contributed by atoms with Crippen molar-refractivity contribution in [3.63, 3.8) is 0 Å². The van der Waals surface area contributed by atoms with Gasteiger partial charge in [-0.1, -0.05) is 24.3 Å². The summed E-state index contributed by atoms with van der Waals surface area (Å²) in [5.41, 5.74) is 0.853. The molecule has 0 fully saturated rings. The lowest BCUT2D eigenvalue weighted by Crippen LogP contribution is -2.16. The molecule has 0 aromatic heterocycles. The van der Waals surface area contributed by atoms with Crippen molar-refractivity contribution in [2.75, 3.05) is 14.2 Å². The number of carbonyl (C=O) groups is 1. The van der Waals surface area contributed by atoms with Crippen LogP contribution in [-0.2, 0) is 15.6 Å². The summed E-state index contributed by atoms with van der Waals surface area (Å²) >= 11 is 0. The van der Waals surface area contributed by atoms with Gasteiger partial charge >= 0.3 is 0 Å². The lowest BCUT2D eigenvalue weighted by molar-refractivity contribution is -0.384. The zero-order valence-electron chi connectivity index (χ0n) is 17.9. The van der Waals surface area contributed by atoms with E-state index in [1.165, 1.54) is 56.7 Å². The van der Waals surface area contributed by atoms with Crippen molar-refractivity contribution in [3.8, 4) is 11.5 Å². The van der Waals surface area contributed by atoms with Gasteiger partial charge in [-0.2, -0.15) is 0 Å². The summed E-state index contributed by atoms with van der Waals surface area (Å²) in [7, 11) is -1.11. The molecule has 0 spiro atoms. The largest absolute Gasteiger partial charge is 0.497 e. The van der Waals surface area contributed by atoms with Gasteiger partial charge in [0.1, 0.15) is 16.4 Å². The number of carbonyl (C=O) groups excluding carboxylic acids is 1. The predicted molar refractivity (Wildman–Crippen MR) is 124 cm³/mol. The quantitative estimate of drug-likeness (QED) is 0.198. The first kappa shape index (κ1) is 23.7. The highest BCUT2D eigenvalue weighted by Gasteiger charge is 2.27. The summed E-state index contributed by atoms with van der Waals surface area (Å²) < 4.78 is 36.8. The van der Waals surface area contributed by atoms with Crippen LogP contribution in [0.2, 0.25) is 0 Å². The van der Waals surface area contributed by atoms with Crippen molar-refractivity contribution in [2.24, 2.45) is 0 Å². The molecule has 170 valence electrons. The van der Waals surface area contributed by atoms with Crippen molar-refractivity contribution in [1.82, 2.24) is 0 Å². The highest BCUT2D eigenvalue weighted by molar-refractivity contribution is 7.95. The van der Waals surface area contributed by atoms with Crippen LogP contribution in [-0.4, -0.2) is 33.3 Å². The second-order valence-corrected chi connectivity index (χ2v) is 8.98. The zero-order chi connectivity index (χ0) is 24.0. The van der Waals surface area contributed by atoms with Crippen molar-refractivity contribution in [1.29, 1.82) is 0 Å². The maximum atomic E-state index is 13.3. The van der Waals surface area contributed by atoms with Crippen LogP contribution in [0.3, 0.4) is 0 Å². The number of ketones is 1. The fraction of sp³-hybridized carbons (Fsp3) is 0.125. The van der Waals surface area contributed by atoms with Crippen LogP contribution in [0, 0.1) is 10.1 Å². The highest BCUT2D eigenvalue weighted by Crippen LogP contribution is 2.25. The lowest BCUT2D eigenvalue weighted by Gasteiger charge is -2.10. The minimum absolute atomic E-state index is 0.153. The first-order valence-corrected chi connectivity index (χ1v) is 11.4. The summed E-state index contributed by atoms with van der Waals surface area (Å²) in [6, 6.07) is 17.9. The molecule has 0 atom stereocenters. The molecule has 0 radical (unpaired) electrons. The van der Waals surface area contributed by atoms with E-state index in [1.54, 1.807) is 36.4 Å². The van der Waals surface area contributed by atoms with Gasteiger partial charge in [0.25, 0.3) is 5.69 Å². The Bertz CT molecular complexity index is 1280.